The predicted molar refractivity (Wildman–Crippen MR) is 68.0 cm³/mol. The number of alkyl halides is 3. The number of nitrogens with one attached hydrogen (secondary N) is 1. The maximum absolute atomic E-state index is 12.3. The standard InChI is InChI=1S/C13H19F3N2O/c1-10(2)9-19-7-3-6-17-12-5-4-11(8-18-12)13(14,15)16/h4-5,8,10H,3,6-7,9H2,1-2H3,(H,17,18). The summed E-state index contributed by atoms with van der Waals surface area (Å²) in [5.74, 6) is 0.946. The summed E-state index contributed by atoms with van der Waals surface area (Å²) in [5, 5.41) is 2.95. The van der Waals surface area contributed by atoms with E-state index in [2.05, 4.69) is 24.1 Å². The first-order valence-corrected chi connectivity index (χ1v) is 6.24. The molecule has 0 amide bonds. The zero-order chi connectivity index (χ0) is 14.3. The van der Waals surface area contributed by atoms with Crippen molar-refractivity contribution in [1.82, 2.24) is 4.98 Å². The Morgan fingerprint density at radius 2 is 2.05 bits per heavy atom. The Bertz CT molecular complexity index is 363. The van der Waals surface area contributed by atoms with Crippen LogP contribution in [0.5, 0.6) is 0 Å². The smallest absolute Gasteiger partial charge is 0.381 e. The van der Waals surface area contributed by atoms with Gasteiger partial charge in [-0.05, 0) is 24.5 Å². The van der Waals surface area contributed by atoms with Gasteiger partial charge in [0.2, 0.25) is 0 Å². The molecule has 1 N–H and O–H groups in total. The van der Waals surface area contributed by atoms with Gasteiger partial charge < -0.3 is 10.1 Å². The van der Waals surface area contributed by atoms with Gasteiger partial charge in [-0.3, -0.25) is 0 Å². The van der Waals surface area contributed by atoms with Crippen molar-refractivity contribution in [1.29, 1.82) is 0 Å². The molecule has 1 heterocycles. The van der Waals surface area contributed by atoms with Gasteiger partial charge in [0.25, 0.3) is 0 Å². The summed E-state index contributed by atoms with van der Waals surface area (Å²) in [6, 6.07) is 2.35. The number of rotatable bonds is 7. The van der Waals surface area contributed by atoms with Crippen LogP contribution in [-0.2, 0) is 10.9 Å². The van der Waals surface area contributed by atoms with Crippen molar-refractivity contribution in [3.8, 4) is 0 Å². The SMILES string of the molecule is CC(C)COCCCNc1ccc(C(F)(F)F)cn1. The minimum absolute atomic E-state index is 0.442. The van der Waals surface area contributed by atoms with E-state index in [1.807, 2.05) is 0 Å². The van der Waals surface area contributed by atoms with E-state index in [1.165, 1.54) is 6.07 Å². The van der Waals surface area contributed by atoms with Gasteiger partial charge in [0, 0.05) is 26.0 Å². The van der Waals surface area contributed by atoms with Crippen molar-refractivity contribution in [2.45, 2.75) is 26.4 Å². The van der Waals surface area contributed by atoms with Crippen LogP contribution in [0.1, 0.15) is 25.8 Å². The van der Waals surface area contributed by atoms with Gasteiger partial charge in [-0.1, -0.05) is 13.8 Å². The number of hydrogen-bond acceptors (Lipinski definition) is 3. The number of anilines is 1. The first-order valence-electron chi connectivity index (χ1n) is 6.24. The van der Waals surface area contributed by atoms with E-state index >= 15 is 0 Å². The predicted octanol–water partition coefficient (Wildman–Crippen LogP) is 3.58. The largest absolute Gasteiger partial charge is 0.417 e. The number of nitrogens with zero attached hydrogens (tertiary/aromatic N) is 1. The van der Waals surface area contributed by atoms with Crippen LogP contribution in [0.4, 0.5) is 19.0 Å². The Hall–Kier alpha value is -1.30. The van der Waals surface area contributed by atoms with E-state index < -0.39 is 11.7 Å². The molecule has 0 aliphatic heterocycles. The van der Waals surface area contributed by atoms with Crippen LogP contribution >= 0.6 is 0 Å². The third-order valence-electron chi connectivity index (χ3n) is 2.31. The summed E-state index contributed by atoms with van der Waals surface area (Å²) < 4.78 is 42.3. The van der Waals surface area contributed by atoms with E-state index in [0.29, 0.717) is 24.9 Å². The molecule has 19 heavy (non-hydrogen) atoms. The van der Waals surface area contributed by atoms with E-state index in [9.17, 15) is 13.2 Å². The third-order valence-corrected chi connectivity index (χ3v) is 2.31. The van der Waals surface area contributed by atoms with Crippen LogP contribution in [0.25, 0.3) is 0 Å². The van der Waals surface area contributed by atoms with Gasteiger partial charge in [-0.15, -0.1) is 0 Å². The molecule has 0 aromatic carbocycles. The fourth-order valence-electron chi connectivity index (χ4n) is 1.38. The Morgan fingerprint density at radius 1 is 1.32 bits per heavy atom. The molecule has 0 saturated carbocycles. The second-order valence-corrected chi connectivity index (χ2v) is 4.68. The van der Waals surface area contributed by atoms with Gasteiger partial charge in [-0.25, -0.2) is 4.98 Å². The van der Waals surface area contributed by atoms with Crippen molar-refractivity contribution < 1.29 is 17.9 Å². The highest BCUT2D eigenvalue weighted by molar-refractivity contribution is 5.35. The molecule has 0 atom stereocenters. The number of ether oxygens (including phenoxy) is 1. The number of hydrogen-bond donors (Lipinski definition) is 1. The Balaban J connectivity index is 2.23. The first kappa shape index (κ1) is 15.8. The molecule has 6 heteroatoms. The van der Waals surface area contributed by atoms with Crippen molar-refractivity contribution in [2.75, 3.05) is 25.1 Å². The summed E-state index contributed by atoms with van der Waals surface area (Å²) in [7, 11) is 0. The molecule has 0 fully saturated rings. The number of pyridine rings is 1. The summed E-state index contributed by atoms with van der Waals surface area (Å²) in [4.78, 5) is 3.72. The van der Waals surface area contributed by atoms with Crippen LogP contribution in [-0.4, -0.2) is 24.7 Å². The van der Waals surface area contributed by atoms with Gasteiger partial charge in [0.1, 0.15) is 5.82 Å². The van der Waals surface area contributed by atoms with Crippen molar-refractivity contribution in [2.24, 2.45) is 5.92 Å². The number of aromatic nitrogens is 1. The van der Waals surface area contributed by atoms with Gasteiger partial charge in [0.05, 0.1) is 5.56 Å². The molecule has 0 unspecified atom stereocenters. The molecule has 1 aromatic rings. The highest BCUT2D eigenvalue weighted by atomic mass is 19.4. The van der Waals surface area contributed by atoms with Crippen molar-refractivity contribution >= 4 is 5.82 Å². The molecule has 1 aromatic heterocycles. The van der Waals surface area contributed by atoms with Gasteiger partial charge in [0.15, 0.2) is 0 Å². The zero-order valence-electron chi connectivity index (χ0n) is 11.1. The summed E-state index contributed by atoms with van der Waals surface area (Å²) in [5.41, 5.74) is -0.738. The minimum atomic E-state index is -4.34. The molecule has 0 bridgehead atoms. The Morgan fingerprint density at radius 3 is 2.58 bits per heavy atom. The fraction of sp³-hybridized carbons (Fsp3) is 0.615. The summed E-state index contributed by atoms with van der Waals surface area (Å²) >= 11 is 0. The van der Waals surface area contributed by atoms with Crippen LogP contribution in [0, 0.1) is 5.92 Å². The van der Waals surface area contributed by atoms with Gasteiger partial charge in [-0.2, -0.15) is 13.2 Å². The molecule has 0 radical (unpaired) electrons. The summed E-state index contributed by atoms with van der Waals surface area (Å²) in [6.07, 6.45) is -2.72. The molecule has 0 spiro atoms. The fourth-order valence-corrected chi connectivity index (χ4v) is 1.38. The monoisotopic (exact) mass is 276 g/mol. The summed E-state index contributed by atoms with van der Waals surface area (Å²) in [6.45, 7) is 6.12. The minimum Gasteiger partial charge on any atom is -0.381 e. The molecule has 0 aliphatic carbocycles. The molecule has 1 rings (SSSR count). The first-order chi connectivity index (χ1) is 8.89. The van der Waals surface area contributed by atoms with Crippen LogP contribution in [0.3, 0.4) is 0 Å². The maximum atomic E-state index is 12.3. The zero-order valence-corrected chi connectivity index (χ0v) is 11.1. The lowest BCUT2D eigenvalue weighted by Gasteiger charge is -2.09. The molecular formula is C13H19F3N2O. The lowest BCUT2D eigenvalue weighted by atomic mass is 10.2. The average Bonchev–Trinajstić information content (AvgIpc) is 2.32. The highest BCUT2D eigenvalue weighted by Gasteiger charge is 2.30. The number of halogens is 3. The average molecular weight is 276 g/mol. The third kappa shape index (κ3) is 6.42. The van der Waals surface area contributed by atoms with Crippen molar-refractivity contribution in [3.63, 3.8) is 0 Å². The molecule has 0 saturated heterocycles. The molecule has 3 nitrogen and oxygen atoms in total. The van der Waals surface area contributed by atoms with E-state index in [0.717, 1.165) is 25.3 Å². The van der Waals surface area contributed by atoms with E-state index in [1.54, 1.807) is 0 Å². The Labute approximate surface area is 111 Å². The van der Waals surface area contributed by atoms with E-state index in [4.69, 9.17) is 4.74 Å². The molecular weight excluding hydrogens is 257 g/mol. The highest BCUT2D eigenvalue weighted by Crippen LogP contribution is 2.28. The second-order valence-electron chi connectivity index (χ2n) is 4.68. The molecule has 108 valence electrons. The lowest BCUT2D eigenvalue weighted by molar-refractivity contribution is -0.137. The van der Waals surface area contributed by atoms with E-state index in [-0.39, 0.29) is 0 Å². The van der Waals surface area contributed by atoms with Crippen LogP contribution < -0.4 is 5.32 Å². The Kier molecular flexibility index (Phi) is 6.08. The second kappa shape index (κ2) is 7.33. The van der Waals surface area contributed by atoms with Crippen molar-refractivity contribution in [3.05, 3.63) is 23.9 Å². The van der Waals surface area contributed by atoms with Crippen LogP contribution in [0.2, 0.25) is 0 Å². The van der Waals surface area contributed by atoms with Crippen LogP contribution in [0.15, 0.2) is 18.3 Å². The lowest BCUT2D eigenvalue weighted by Crippen LogP contribution is -2.10. The quantitative estimate of drug-likeness (QED) is 0.773. The normalized spacial score (nSPS) is 11.9. The van der Waals surface area contributed by atoms with Gasteiger partial charge >= 0.3 is 6.18 Å². The maximum Gasteiger partial charge on any atom is 0.417 e. The topological polar surface area (TPSA) is 34.1 Å². The molecule has 0 aliphatic rings.